The van der Waals surface area contributed by atoms with Crippen molar-refractivity contribution in [3.05, 3.63) is 95.2 Å². The second kappa shape index (κ2) is 9.63. The van der Waals surface area contributed by atoms with Crippen molar-refractivity contribution in [2.75, 3.05) is 5.32 Å². The van der Waals surface area contributed by atoms with Crippen LogP contribution in [0.5, 0.6) is 0 Å². The molecule has 1 amide bonds. The fourth-order valence-electron chi connectivity index (χ4n) is 3.47. The van der Waals surface area contributed by atoms with Gasteiger partial charge in [0.1, 0.15) is 6.10 Å². The molecule has 0 aliphatic rings. The van der Waals surface area contributed by atoms with Crippen molar-refractivity contribution < 1.29 is 14.7 Å². The molecule has 0 radical (unpaired) electrons. The van der Waals surface area contributed by atoms with E-state index in [2.05, 4.69) is 15.5 Å². The Labute approximate surface area is 192 Å². The fourth-order valence-corrected chi connectivity index (χ4v) is 3.47. The standard InChI is InChI=1S/C27H25N3O3/c1-17(2)25(31)27(33)28-21-10-6-9-19(15-21)26(32)20-12-13-22-23(29-30-24(22)16-20)14-11-18-7-4-3-5-8-18/h3-17,25,31H,1-2H3,(H,28,33)(H,29,30)/b14-11+/t25-/m1/s1. The molecule has 0 bridgehead atoms. The summed E-state index contributed by atoms with van der Waals surface area (Å²) in [5.74, 6) is -0.874. The Kier molecular flexibility index (Phi) is 6.47. The number of amides is 1. The van der Waals surface area contributed by atoms with E-state index in [0.717, 1.165) is 22.2 Å². The number of H-pyrrole nitrogens is 1. The molecular formula is C27H25N3O3. The van der Waals surface area contributed by atoms with E-state index >= 15 is 0 Å². The van der Waals surface area contributed by atoms with E-state index in [1.54, 1.807) is 50.2 Å². The highest BCUT2D eigenvalue weighted by Gasteiger charge is 2.19. The van der Waals surface area contributed by atoms with Gasteiger partial charge in [0.2, 0.25) is 0 Å². The molecule has 33 heavy (non-hydrogen) atoms. The van der Waals surface area contributed by atoms with Crippen LogP contribution in [0.25, 0.3) is 23.1 Å². The molecule has 0 fully saturated rings. The number of ketones is 1. The third-order valence-electron chi connectivity index (χ3n) is 5.38. The molecule has 3 aromatic carbocycles. The topological polar surface area (TPSA) is 95.1 Å². The maximum atomic E-state index is 13.1. The lowest BCUT2D eigenvalue weighted by Gasteiger charge is -2.14. The highest BCUT2D eigenvalue weighted by molar-refractivity contribution is 6.11. The number of aromatic nitrogens is 2. The van der Waals surface area contributed by atoms with Crippen LogP contribution in [-0.4, -0.2) is 33.1 Å². The molecule has 1 heterocycles. The first-order chi connectivity index (χ1) is 15.9. The monoisotopic (exact) mass is 439 g/mol. The third-order valence-corrected chi connectivity index (χ3v) is 5.38. The Balaban J connectivity index is 1.54. The highest BCUT2D eigenvalue weighted by Crippen LogP contribution is 2.22. The molecule has 6 heteroatoms. The molecule has 4 rings (SSSR count). The van der Waals surface area contributed by atoms with Crippen molar-refractivity contribution in [3.63, 3.8) is 0 Å². The number of benzene rings is 3. The van der Waals surface area contributed by atoms with Crippen LogP contribution in [0.2, 0.25) is 0 Å². The van der Waals surface area contributed by atoms with Gasteiger partial charge < -0.3 is 10.4 Å². The Bertz CT molecular complexity index is 1320. The zero-order valence-electron chi connectivity index (χ0n) is 18.4. The minimum atomic E-state index is -1.11. The Morgan fingerprint density at radius 2 is 1.70 bits per heavy atom. The molecule has 0 aliphatic heterocycles. The first-order valence-electron chi connectivity index (χ1n) is 10.8. The third kappa shape index (κ3) is 5.07. The SMILES string of the molecule is CC(C)[C@@H](O)C(=O)Nc1cccc(C(=O)c2ccc3c(/C=C/c4ccccc4)n[nH]c3c2)c1. The lowest BCUT2D eigenvalue weighted by Crippen LogP contribution is -2.31. The van der Waals surface area contributed by atoms with Crippen molar-refractivity contribution in [2.45, 2.75) is 20.0 Å². The van der Waals surface area contributed by atoms with Gasteiger partial charge in [-0.05, 0) is 41.8 Å². The fraction of sp³-hybridized carbons (Fsp3) is 0.148. The van der Waals surface area contributed by atoms with Crippen LogP contribution in [-0.2, 0) is 4.79 Å². The number of fused-ring (bicyclic) bond motifs is 1. The molecule has 0 aliphatic carbocycles. The minimum Gasteiger partial charge on any atom is -0.383 e. The van der Waals surface area contributed by atoms with Crippen molar-refractivity contribution >= 4 is 40.4 Å². The molecule has 0 unspecified atom stereocenters. The second-order valence-electron chi connectivity index (χ2n) is 8.20. The second-order valence-corrected chi connectivity index (χ2v) is 8.20. The van der Waals surface area contributed by atoms with E-state index in [0.29, 0.717) is 16.8 Å². The van der Waals surface area contributed by atoms with Gasteiger partial charge in [-0.1, -0.05) is 68.5 Å². The molecule has 0 saturated heterocycles. The lowest BCUT2D eigenvalue weighted by atomic mass is 10.0. The van der Waals surface area contributed by atoms with Gasteiger partial charge in [-0.3, -0.25) is 14.7 Å². The molecule has 1 atom stereocenters. The number of hydrogen-bond acceptors (Lipinski definition) is 4. The number of nitrogens with zero attached hydrogens (tertiary/aromatic N) is 1. The van der Waals surface area contributed by atoms with Gasteiger partial charge in [0.15, 0.2) is 5.78 Å². The largest absolute Gasteiger partial charge is 0.383 e. The number of aliphatic hydroxyl groups excluding tert-OH is 1. The van der Waals surface area contributed by atoms with Gasteiger partial charge in [0, 0.05) is 22.2 Å². The van der Waals surface area contributed by atoms with Crippen molar-refractivity contribution in [3.8, 4) is 0 Å². The predicted molar refractivity (Wildman–Crippen MR) is 131 cm³/mol. The van der Waals surface area contributed by atoms with E-state index in [9.17, 15) is 14.7 Å². The number of rotatable bonds is 7. The summed E-state index contributed by atoms with van der Waals surface area (Å²) in [7, 11) is 0. The number of carbonyl (C=O) groups excluding carboxylic acids is 2. The summed E-state index contributed by atoms with van der Waals surface area (Å²) in [5.41, 5.74) is 4.04. The first-order valence-corrected chi connectivity index (χ1v) is 10.8. The van der Waals surface area contributed by atoms with Gasteiger partial charge in [-0.25, -0.2) is 0 Å². The molecular weight excluding hydrogens is 414 g/mol. The number of aliphatic hydroxyl groups is 1. The normalized spacial score (nSPS) is 12.4. The zero-order chi connectivity index (χ0) is 23.4. The maximum Gasteiger partial charge on any atom is 0.253 e. The summed E-state index contributed by atoms with van der Waals surface area (Å²) in [6.45, 7) is 3.53. The quantitative estimate of drug-likeness (QED) is 0.356. The van der Waals surface area contributed by atoms with Gasteiger partial charge in [0.25, 0.3) is 5.91 Å². The van der Waals surface area contributed by atoms with Crippen LogP contribution >= 0.6 is 0 Å². The van der Waals surface area contributed by atoms with Crippen molar-refractivity contribution in [1.29, 1.82) is 0 Å². The Hall–Kier alpha value is -4.03. The number of hydrogen-bond donors (Lipinski definition) is 3. The van der Waals surface area contributed by atoms with Crippen LogP contribution in [0.15, 0.2) is 72.8 Å². The van der Waals surface area contributed by atoms with Gasteiger partial charge in [-0.15, -0.1) is 0 Å². The highest BCUT2D eigenvalue weighted by atomic mass is 16.3. The average Bonchev–Trinajstić information content (AvgIpc) is 3.24. The molecule has 1 aromatic heterocycles. The summed E-state index contributed by atoms with van der Waals surface area (Å²) < 4.78 is 0. The van der Waals surface area contributed by atoms with Crippen LogP contribution in [0.4, 0.5) is 5.69 Å². The van der Waals surface area contributed by atoms with E-state index in [4.69, 9.17) is 0 Å². The van der Waals surface area contributed by atoms with Crippen molar-refractivity contribution in [2.24, 2.45) is 5.92 Å². The van der Waals surface area contributed by atoms with Crippen LogP contribution < -0.4 is 5.32 Å². The summed E-state index contributed by atoms with van der Waals surface area (Å²) in [6, 6.07) is 22.1. The maximum absolute atomic E-state index is 13.1. The van der Waals surface area contributed by atoms with Crippen LogP contribution in [0.1, 0.15) is 41.0 Å². The Morgan fingerprint density at radius 3 is 2.45 bits per heavy atom. The molecule has 0 saturated carbocycles. The number of aromatic amines is 1. The van der Waals surface area contributed by atoms with E-state index in [-0.39, 0.29) is 11.7 Å². The summed E-state index contributed by atoms with van der Waals surface area (Å²) in [4.78, 5) is 25.2. The van der Waals surface area contributed by atoms with Crippen LogP contribution in [0.3, 0.4) is 0 Å². The van der Waals surface area contributed by atoms with E-state index < -0.39 is 12.0 Å². The lowest BCUT2D eigenvalue weighted by molar-refractivity contribution is -0.125. The predicted octanol–water partition coefficient (Wildman–Crippen LogP) is 4.92. The number of nitrogens with one attached hydrogen (secondary N) is 2. The molecule has 6 nitrogen and oxygen atoms in total. The zero-order valence-corrected chi connectivity index (χ0v) is 18.4. The van der Waals surface area contributed by atoms with Crippen LogP contribution in [0, 0.1) is 5.92 Å². The average molecular weight is 440 g/mol. The minimum absolute atomic E-state index is 0.173. The summed E-state index contributed by atoms with van der Waals surface area (Å²) in [5, 5.41) is 20.9. The Morgan fingerprint density at radius 1 is 0.939 bits per heavy atom. The van der Waals surface area contributed by atoms with Gasteiger partial charge in [0.05, 0.1) is 11.2 Å². The molecule has 166 valence electrons. The summed E-state index contributed by atoms with van der Waals surface area (Å²) >= 11 is 0. The molecule has 4 aromatic rings. The van der Waals surface area contributed by atoms with Gasteiger partial charge in [-0.2, -0.15) is 5.10 Å². The van der Waals surface area contributed by atoms with Gasteiger partial charge >= 0.3 is 0 Å². The molecule has 3 N–H and O–H groups in total. The number of anilines is 1. The molecule has 0 spiro atoms. The first kappa shape index (κ1) is 22.2. The smallest absolute Gasteiger partial charge is 0.253 e. The van der Waals surface area contributed by atoms with E-state index in [1.165, 1.54) is 0 Å². The number of carbonyl (C=O) groups is 2. The summed E-state index contributed by atoms with van der Waals surface area (Å²) in [6.07, 6.45) is 2.82. The van der Waals surface area contributed by atoms with Crippen molar-refractivity contribution in [1.82, 2.24) is 10.2 Å². The van der Waals surface area contributed by atoms with E-state index in [1.807, 2.05) is 48.6 Å².